The van der Waals surface area contributed by atoms with Crippen molar-refractivity contribution < 1.29 is 9.18 Å². The number of aromatic amines is 2. The second kappa shape index (κ2) is 16.5. The second-order valence-electron chi connectivity index (χ2n) is 19.5. The zero-order valence-corrected chi connectivity index (χ0v) is 37.8. The number of hydrogen-bond acceptors (Lipinski definition) is 4. The van der Waals surface area contributed by atoms with Crippen molar-refractivity contribution in [3.63, 3.8) is 0 Å². The molecule has 0 atom stereocenters. The number of nitrogens with one attached hydrogen (secondary N) is 4. The smallest absolute Gasteiger partial charge is 0.228 e. The van der Waals surface area contributed by atoms with E-state index in [0.29, 0.717) is 5.69 Å². The number of hydrogen-bond donors (Lipinski definition) is 4. The van der Waals surface area contributed by atoms with Gasteiger partial charge in [0.05, 0.1) is 51.3 Å². The molecule has 0 saturated heterocycles. The van der Waals surface area contributed by atoms with Gasteiger partial charge < -0.3 is 10.6 Å². The number of aromatic nitrogens is 4. The number of fused-ring (bicyclic) bond motifs is 4. The van der Waals surface area contributed by atoms with Crippen LogP contribution in [0.1, 0.15) is 122 Å². The van der Waals surface area contributed by atoms with Gasteiger partial charge in [-0.05, 0) is 97.9 Å². The molecule has 0 radical (unpaired) electrons. The number of rotatable bonds is 0. The van der Waals surface area contributed by atoms with Crippen LogP contribution in [0.25, 0.3) is 21.8 Å². The molecule has 0 spiro atoms. The number of amides is 1. The molecule has 2 aliphatic heterocycles. The first-order valence-corrected chi connectivity index (χ1v) is 20.5. The molecule has 0 saturated carbocycles. The Kier molecular flexibility index (Phi) is 12.7. The Morgan fingerprint density at radius 3 is 1.59 bits per heavy atom. The third-order valence-corrected chi connectivity index (χ3v) is 11.0. The summed E-state index contributed by atoms with van der Waals surface area (Å²) in [7, 11) is 0. The van der Waals surface area contributed by atoms with Gasteiger partial charge in [0.2, 0.25) is 5.91 Å². The fourth-order valence-electron chi connectivity index (χ4n) is 6.68. The fourth-order valence-corrected chi connectivity index (χ4v) is 7.23. The highest BCUT2D eigenvalue weighted by atomic mass is 35.5. The predicted octanol–water partition coefficient (Wildman–Crippen LogP) is 13.4. The van der Waals surface area contributed by atoms with Crippen LogP contribution < -0.4 is 10.6 Å². The Balaban J connectivity index is 0.000000147. The standard InChI is InChI=1S/C13H16ClN.C12H14FNO.C12H16N2.C11H13ClN2/c1-8-5-9-6-10(13(2,3)4)7-11(14)12(9)15-8;1-12(2,3)8-4-7-5-10(15)14-11(7)9(13)6-8;1-8-5-10(12(2,3)4)6-9-7-13-14-11(8)9;1-11(2,3)8-4-7-6-13-14-10(7)9(12)5-8/h6-7,15H,1,5H2,2-4H3;4,6H,5H2,1-3H3,(H,14,15);5-7H,1-4H3,(H,13,14);4-6H,1-3H3,(H,13,14). The molecule has 1 amide bonds. The van der Waals surface area contributed by atoms with E-state index < -0.39 is 0 Å². The molecule has 4 aromatic carbocycles. The summed E-state index contributed by atoms with van der Waals surface area (Å²) in [6.45, 7) is 31.9. The quantitative estimate of drug-likeness (QED) is 0.123. The lowest BCUT2D eigenvalue weighted by molar-refractivity contribution is -0.115. The molecule has 2 aliphatic rings. The Morgan fingerprint density at radius 2 is 1.03 bits per heavy atom. The van der Waals surface area contributed by atoms with Gasteiger partial charge >= 0.3 is 0 Å². The number of halogens is 3. The summed E-state index contributed by atoms with van der Waals surface area (Å²) in [5.41, 5.74) is 13.0. The fraction of sp³-hybridized carbons (Fsp3) is 0.396. The number of benzene rings is 4. The molecule has 4 N–H and O–H groups in total. The topological polar surface area (TPSA) is 98.5 Å². The first-order valence-electron chi connectivity index (χ1n) is 19.7. The van der Waals surface area contributed by atoms with E-state index >= 15 is 0 Å². The minimum atomic E-state index is -0.330. The molecular formula is C48H59Cl2FN6O. The number of carbonyl (C=O) groups excluding carboxylic acids is 1. The Labute approximate surface area is 353 Å². The second-order valence-corrected chi connectivity index (χ2v) is 20.3. The van der Waals surface area contributed by atoms with Crippen LogP contribution in [-0.2, 0) is 39.3 Å². The van der Waals surface area contributed by atoms with Crippen molar-refractivity contribution in [3.8, 4) is 0 Å². The molecule has 0 fully saturated rings. The van der Waals surface area contributed by atoms with E-state index in [1.807, 2.05) is 45.2 Å². The lowest BCUT2D eigenvalue weighted by atomic mass is 9.85. The van der Waals surface area contributed by atoms with Gasteiger partial charge in [0.1, 0.15) is 5.82 Å². The molecule has 10 heteroatoms. The molecule has 6 aromatic rings. The average Bonchev–Trinajstić information content (AvgIpc) is 3.90. The van der Waals surface area contributed by atoms with Gasteiger partial charge in [-0.1, -0.05) is 131 Å². The molecule has 0 aliphatic carbocycles. The van der Waals surface area contributed by atoms with Gasteiger partial charge in [0, 0.05) is 22.9 Å². The van der Waals surface area contributed by atoms with Gasteiger partial charge in [-0.15, -0.1) is 0 Å². The third kappa shape index (κ3) is 10.5. The number of anilines is 2. The summed E-state index contributed by atoms with van der Waals surface area (Å²) in [6.07, 6.45) is 4.86. The lowest BCUT2D eigenvalue weighted by Gasteiger charge is -2.20. The van der Waals surface area contributed by atoms with E-state index in [4.69, 9.17) is 23.2 Å². The van der Waals surface area contributed by atoms with E-state index in [9.17, 15) is 9.18 Å². The summed E-state index contributed by atoms with van der Waals surface area (Å²) in [5, 5.41) is 23.5. The van der Waals surface area contributed by atoms with E-state index in [-0.39, 0.29) is 39.8 Å². The van der Waals surface area contributed by atoms with E-state index in [1.165, 1.54) is 39.3 Å². The normalized spacial score (nSPS) is 13.7. The Morgan fingerprint density at radius 1 is 0.586 bits per heavy atom. The highest BCUT2D eigenvalue weighted by molar-refractivity contribution is 6.35. The van der Waals surface area contributed by atoms with Crippen molar-refractivity contribution >= 4 is 62.3 Å². The summed E-state index contributed by atoms with van der Waals surface area (Å²) in [5.74, 6) is -0.460. The number of aryl methyl sites for hydroxylation is 1. The van der Waals surface area contributed by atoms with Crippen molar-refractivity contribution in [2.45, 2.75) is 125 Å². The van der Waals surface area contributed by atoms with Crippen LogP contribution in [-0.4, -0.2) is 26.3 Å². The van der Waals surface area contributed by atoms with Crippen LogP contribution in [0, 0.1) is 12.7 Å². The van der Waals surface area contributed by atoms with Gasteiger partial charge in [0.15, 0.2) is 0 Å². The maximum Gasteiger partial charge on any atom is 0.228 e. The van der Waals surface area contributed by atoms with Crippen molar-refractivity contribution in [2.75, 3.05) is 10.6 Å². The van der Waals surface area contributed by atoms with Crippen LogP contribution in [0.5, 0.6) is 0 Å². The van der Waals surface area contributed by atoms with Crippen LogP contribution in [0.4, 0.5) is 15.8 Å². The van der Waals surface area contributed by atoms with E-state index in [2.05, 4.69) is 131 Å². The molecule has 8 rings (SSSR count). The molecule has 58 heavy (non-hydrogen) atoms. The van der Waals surface area contributed by atoms with Crippen molar-refractivity contribution in [1.82, 2.24) is 20.4 Å². The Bertz CT molecular complexity index is 2310. The van der Waals surface area contributed by atoms with Crippen molar-refractivity contribution in [1.29, 1.82) is 0 Å². The first-order chi connectivity index (χ1) is 26.7. The summed E-state index contributed by atoms with van der Waals surface area (Å²) < 4.78 is 13.6. The molecule has 308 valence electrons. The lowest BCUT2D eigenvalue weighted by Crippen LogP contribution is -2.12. The molecule has 2 aromatic heterocycles. The largest absolute Gasteiger partial charge is 0.358 e. The third-order valence-electron chi connectivity index (χ3n) is 10.4. The predicted molar refractivity (Wildman–Crippen MR) is 243 cm³/mol. The highest BCUT2D eigenvalue weighted by Crippen LogP contribution is 2.38. The maximum atomic E-state index is 13.6. The van der Waals surface area contributed by atoms with Gasteiger partial charge in [-0.25, -0.2) is 4.39 Å². The van der Waals surface area contributed by atoms with Gasteiger partial charge in [0.25, 0.3) is 0 Å². The number of nitrogens with zero attached hydrogens (tertiary/aromatic N) is 2. The maximum absolute atomic E-state index is 13.6. The monoisotopic (exact) mass is 824 g/mol. The summed E-state index contributed by atoms with van der Waals surface area (Å²) in [4.78, 5) is 11.1. The number of H-pyrrole nitrogens is 2. The minimum Gasteiger partial charge on any atom is -0.358 e. The van der Waals surface area contributed by atoms with E-state index in [1.54, 1.807) is 6.20 Å². The zero-order chi connectivity index (χ0) is 43.1. The van der Waals surface area contributed by atoms with Gasteiger partial charge in [-0.3, -0.25) is 15.0 Å². The average molecular weight is 826 g/mol. The Hall–Kier alpha value is -4.66. The molecule has 4 heterocycles. The van der Waals surface area contributed by atoms with Gasteiger partial charge in [-0.2, -0.15) is 10.2 Å². The van der Waals surface area contributed by atoms with Crippen LogP contribution >= 0.6 is 23.2 Å². The highest BCUT2D eigenvalue weighted by Gasteiger charge is 2.25. The summed E-state index contributed by atoms with van der Waals surface area (Å²) in [6, 6.07) is 16.3. The SMILES string of the molecule is C=C1Cc2cc(C(C)(C)C)cc(Cl)c2N1.CC(C)(C)c1cc(Cl)c2[nH]ncc2c1.CC(C)(C)c1cc(F)c2c(c1)CC(=O)N2.Cc1cc(C(C)(C)C)cc2cn[nH]c12. The molecular weight excluding hydrogens is 766 g/mol. The van der Waals surface area contributed by atoms with Crippen LogP contribution in [0.15, 0.2) is 73.2 Å². The van der Waals surface area contributed by atoms with Crippen LogP contribution in [0.2, 0.25) is 10.0 Å². The first kappa shape index (κ1) is 44.4. The molecule has 0 bridgehead atoms. The van der Waals surface area contributed by atoms with Crippen LogP contribution in [0.3, 0.4) is 0 Å². The van der Waals surface area contributed by atoms with Crippen molar-refractivity contribution in [2.24, 2.45) is 0 Å². The van der Waals surface area contributed by atoms with E-state index in [0.717, 1.165) is 55.4 Å². The number of allylic oxidation sites excluding steroid dienone is 1. The minimum absolute atomic E-state index is 0.0957. The zero-order valence-electron chi connectivity index (χ0n) is 36.3. The molecule has 0 unspecified atom stereocenters. The molecule has 7 nitrogen and oxygen atoms in total. The van der Waals surface area contributed by atoms with Crippen molar-refractivity contribution in [3.05, 3.63) is 128 Å². The summed E-state index contributed by atoms with van der Waals surface area (Å²) >= 11 is 12.4. The number of carbonyl (C=O) groups is 1.